The molecular weight excluding hydrogens is 338 g/mol. The molecule has 0 amide bonds. The zero-order valence-electron chi connectivity index (χ0n) is 16.0. The largest absolute Gasteiger partial charge is 0.478 e. The molecule has 0 aliphatic heterocycles. The molecule has 140 valence electrons. The van der Waals surface area contributed by atoms with Crippen LogP contribution in [0.5, 0.6) is 0 Å². The van der Waals surface area contributed by atoms with Crippen molar-refractivity contribution in [1.29, 1.82) is 0 Å². The third kappa shape index (κ3) is 4.26. The van der Waals surface area contributed by atoms with Crippen molar-refractivity contribution >= 4 is 5.97 Å². The van der Waals surface area contributed by atoms with Crippen LogP contribution in [0.15, 0.2) is 48.7 Å². The molecule has 3 aromatic rings. The van der Waals surface area contributed by atoms with Crippen LogP contribution in [0.25, 0.3) is 0 Å². The van der Waals surface area contributed by atoms with Gasteiger partial charge < -0.3 is 15.0 Å². The molecule has 1 aromatic carbocycles. The second-order valence-electron chi connectivity index (χ2n) is 6.83. The Morgan fingerprint density at radius 1 is 1.04 bits per heavy atom. The van der Waals surface area contributed by atoms with Crippen molar-refractivity contribution in [2.24, 2.45) is 0 Å². The molecule has 0 saturated heterocycles. The van der Waals surface area contributed by atoms with Gasteiger partial charge in [-0.25, -0.2) is 4.79 Å². The molecule has 0 unspecified atom stereocenters. The van der Waals surface area contributed by atoms with Crippen LogP contribution in [0.2, 0.25) is 0 Å². The Labute approximate surface area is 159 Å². The van der Waals surface area contributed by atoms with E-state index in [-0.39, 0.29) is 0 Å². The van der Waals surface area contributed by atoms with Crippen LogP contribution < -0.4 is 5.32 Å². The minimum atomic E-state index is -0.882. The van der Waals surface area contributed by atoms with Gasteiger partial charge in [0.05, 0.1) is 11.3 Å². The second kappa shape index (κ2) is 8.18. The molecule has 27 heavy (non-hydrogen) atoms. The molecule has 0 fully saturated rings. The van der Waals surface area contributed by atoms with E-state index >= 15 is 0 Å². The van der Waals surface area contributed by atoms with Gasteiger partial charge in [-0.1, -0.05) is 35.9 Å². The second-order valence-corrected chi connectivity index (χ2v) is 6.83. The van der Waals surface area contributed by atoms with Gasteiger partial charge in [0.15, 0.2) is 0 Å². The van der Waals surface area contributed by atoms with E-state index in [0.717, 1.165) is 28.2 Å². The Kier molecular flexibility index (Phi) is 5.72. The maximum Gasteiger partial charge on any atom is 0.337 e. The highest BCUT2D eigenvalue weighted by Crippen LogP contribution is 2.24. The van der Waals surface area contributed by atoms with Crippen LogP contribution in [-0.2, 0) is 19.6 Å². The average molecular weight is 363 g/mol. The summed E-state index contributed by atoms with van der Waals surface area (Å²) < 4.78 is 2.09. The zero-order chi connectivity index (χ0) is 19.4. The molecule has 0 radical (unpaired) electrons. The van der Waals surface area contributed by atoms with Gasteiger partial charge in [-0.3, -0.25) is 4.98 Å². The van der Waals surface area contributed by atoms with Gasteiger partial charge in [0.25, 0.3) is 0 Å². The van der Waals surface area contributed by atoms with Crippen molar-refractivity contribution in [2.45, 2.75) is 40.4 Å². The Morgan fingerprint density at radius 3 is 2.41 bits per heavy atom. The molecule has 5 heteroatoms. The van der Waals surface area contributed by atoms with E-state index in [4.69, 9.17) is 0 Å². The first kappa shape index (κ1) is 18.9. The standard InChI is InChI=1S/C22H25N3O2/c1-15-7-9-18(10-8-15)14-25-16(2)20(21(17(25)3)22(26)27)13-23-12-19-6-4-5-11-24-19/h4-11,23H,12-14H2,1-3H3,(H,26,27). The highest BCUT2D eigenvalue weighted by atomic mass is 16.4. The van der Waals surface area contributed by atoms with Crippen LogP contribution in [0, 0.1) is 20.8 Å². The van der Waals surface area contributed by atoms with Gasteiger partial charge in [0.1, 0.15) is 0 Å². The van der Waals surface area contributed by atoms with E-state index in [1.165, 1.54) is 5.56 Å². The fraction of sp³-hybridized carbons (Fsp3) is 0.273. The number of rotatable bonds is 7. The lowest BCUT2D eigenvalue weighted by atomic mass is 10.1. The highest BCUT2D eigenvalue weighted by Gasteiger charge is 2.22. The summed E-state index contributed by atoms with van der Waals surface area (Å²) in [6.07, 6.45) is 1.76. The van der Waals surface area contributed by atoms with Crippen LogP contribution in [0.1, 0.15) is 44.1 Å². The van der Waals surface area contributed by atoms with Crippen molar-refractivity contribution in [3.63, 3.8) is 0 Å². The average Bonchev–Trinajstić information content (AvgIpc) is 2.89. The van der Waals surface area contributed by atoms with E-state index in [9.17, 15) is 9.90 Å². The molecule has 2 aromatic heterocycles. The Balaban J connectivity index is 1.84. The fourth-order valence-electron chi connectivity index (χ4n) is 3.38. The van der Waals surface area contributed by atoms with Gasteiger partial charge in [0.2, 0.25) is 0 Å². The predicted molar refractivity (Wildman–Crippen MR) is 106 cm³/mol. The van der Waals surface area contributed by atoms with E-state index in [2.05, 4.69) is 46.1 Å². The Morgan fingerprint density at radius 2 is 1.78 bits per heavy atom. The minimum absolute atomic E-state index is 0.396. The maximum absolute atomic E-state index is 11.9. The van der Waals surface area contributed by atoms with Crippen LogP contribution in [-0.4, -0.2) is 20.6 Å². The Hall–Kier alpha value is -2.92. The van der Waals surface area contributed by atoms with Gasteiger partial charge in [-0.05, 0) is 38.5 Å². The quantitative estimate of drug-likeness (QED) is 0.669. The molecule has 0 saturated carbocycles. The van der Waals surface area contributed by atoms with E-state index in [1.807, 2.05) is 32.0 Å². The number of carboxylic acids is 1. The lowest BCUT2D eigenvalue weighted by molar-refractivity contribution is 0.0694. The number of hydrogen-bond donors (Lipinski definition) is 2. The van der Waals surface area contributed by atoms with Crippen molar-refractivity contribution in [2.75, 3.05) is 0 Å². The molecule has 0 spiro atoms. The highest BCUT2D eigenvalue weighted by molar-refractivity contribution is 5.91. The van der Waals surface area contributed by atoms with Crippen molar-refractivity contribution in [3.05, 3.63) is 88.0 Å². The fourth-order valence-corrected chi connectivity index (χ4v) is 3.38. The summed E-state index contributed by atoms with van der Waals surface area (Å²) in [7, 11) is 0. The van der Waals surface area contributed by atoms with Crippen molar-refractivity contribution in [3.8, 4) is 0 Å². The van der Waals surface area contributed by atoms with Crippen LogP contribution in [0.4, 0.5) is 0 Å². The number of carbonyl (C=O) groups is 1. The molecule has 5 nitrogen and oxygen atoms in total. The van der Waals surface area contributed by atoms with E-state index < -0.39 is 5.97 Å². The van der Waals surface area contributed by atoms with E-state index in [0.29, 0.717) is 25.2 Å². The lowest BCUT2D eigenvalue weighted by Gasteiger charge is -2.10. The van der Waals surface area contributed by atoms with Gasteiger partial charge in [-0.15, -0.1) is 0 Å². The summed E-state index contributed by atoms with van der Waals surface area (Å²) >= 11 is 0. The number of aromatic carboxylic acids is 1. The smallest absolute Gasteiger partial charge is 0.337 e. The monoisotopic (exact) mass is 363 g/mol. The molecule has 0 aliphatic rings. The molecule has 2 heterocycles. The molecule has 2 N–H and O–H groups in total. The number of nitrogens with zero attached hydrogens (tertiary/aromatic N) is 2. The minimum Gasteiger partial charge on any atom is -0.478 e. The van der Waals surface area contributed by atoms with E-state index in [1.54, 1.807) is 6.20 Å². The number of benzene rings is 1. The first-order chi connectivity index (χ1) is 13.0. The third-order valence-corrected chi connectivity index (χ3v) is 4.92. The number of aryl methyl sites for hydroxylation is 1. The first-order valence-electron chi connectivity index (χ1n) is 9.05. The molecule has 0 bridgehead atoms. The predicted octanol–water partition coefficient (Wildman–Crippen LogP) is 3.84. The Bertz CT molecular complexity index is 928. The number of carboxylic acid groups (broad SMARTS) is 1. The number of nitrogens with one attached hydrogen (secondary N) is 1. The number of pyridine rings is 1. The van der Waals surface area contributed by atoms with Crippen molar-refractivity contribution < 1.29 is 9.90 Å². The molecule has 0 aliphatic carbocycles. The van der Waals surface area contributed by atoms with Gasteiger partial charge in [0, 0.05) is 42.8 Å². The third-order valence-electron chi connectivity index (χ3n) is 4.92. The summed E-state index contributed by atoms with van der Waals surface area (Å²) in [5, 5.41) is 13.1. The summed E-state index contributed by atoms with van der Waals surface area (Å²) in [6, 6.07) is 14.1. The summed E-state index contributed by atoms with van der Waals surface area (Å²) in [6.45, 7) is 7.69. The number of aromatic nitrogens is 2. The van der Waals surface area contributed by atoms with Crippen LogP contribution >= 0.6 is 0 Å². The summed E-state index contributed by atoms with van der Waals surface area (Å²) in [4.78, 5) is 16.2. The maximum atomic E-state index is 11.9. The molecule has 0 atom stereocenters. The SMILES string of the molecule is Cc1ccc(Cn2c(C)c(CNCc3ccccn3)c(C(=O)O)c2C)cc1. The summed E-state index contributed by atoms with van der Waals surface area (Å²) in [5.41, 5.74) is 6.31. The van der Waals surface area contributed by atoms with Crippen molar-refractivity contribution in [1.82, 2.24) is 14.9 Å². The topological polar surface area (TPSA) is 67.2 Å². The van der Waals surface area contributed by atoms with Gasteiger partial charge in [-0.2, -0.15) is 0 Å². The zero-order valence-corrected chi connectivity index (χ0v) is 16.0. The first-order valence-corrected chi connectivity index (χ1v) is 9.05. The molecular formula is C22H25N3O2. The summed E-state index contributed by atoms with van der Waals surface area (Å²) in [5.74, 6) is -0.882. The van der Waals surface area contributed by atoms with Crippen LogP contribution in [0.3, 0.4) is 0 Å². The normalized spacial score (nSPS) is 10.9. The van der Waals surface area contributed by atoms with Gasteiger partial charge >= 0.3 is 5.97 Å². The number of hydrogen-bond acceptors (Lipinski definition) is 3. The molecule has 3 rings (SSSR count). The lowest BCUT2D eigenvalue weighted by Crippen LogP contribution is -2.16.